The number of hydrogen-bond donors (Lipinski definition) is 1. The van der Waals surface area contributed by atoms with Gasteiger partial charge in [0, 0.05) is 6.04 Å². The molecule has 1 saturated carbocycles. The molecule has 20 heavy (non-hydrogen) atoms. The molecule has 1 N–H and O–H groups in total. The minimum atomic E-state index is -3.55. The molecule has 0 amide bonds. The first kappa shape index (κ1) is 15.0. The van der Waals surface area contributed by atoms with Crippen LogP contribution in [0.25, 0.3) is 0 Å². The van der Waals surface area contributed by atoms with Crippen molar-refractivity contribution < 1.29 is 8.42 Å². The molecule has 0 bridgehead atoms. The van der Waals surface area contributed by atoms with Crippen molar-refractivity contribution in [3.05, 3.63) is 29.8 Å². The molecule has 108 valence electrons. The van der Waals surface area contributed by atoms with Crippen LogP contribution in [-0.2, 0) is 10.0 Å². The molecule has 1 aliphatic rings. The van der Waals surface area contributed by atoms with Gasteiger partial charge in [0.2, 0.25) is 10.0 Å². The third-order valence-corrected chi connectivity index (χ3v) is 5.77. The Bertz CT molecular complexity index is 619. The number of nitrogens with one attached hydrogen (secondary N) is 1. The quantitative estimate of drug-likeness (QED) is 0.931. The Morgan fingerprint density at radius 1 is 1.30 bits per heavy atom. The van der Waals surface area contributed by atoms with Gasteiger partial charge in [-0.2, -0.15) is 5.26 Å². The van der Waals surface area contributed by atoms with Crippen LogP contribution in [-0.4, -0.2) is 14.5 Å². The monoisotopic (exact) mass is 292 g/mol. The zero-order chi connectivity index (χ0) is 14.8. The molecule has 3 atom stereocenters. The molecular formula is C15H20N2O2S. The molecule has 0 aromatic heterocycles. The molecule has 0 saturated heterocycles. The van der Waals surface area contributed by atoms with Crippen molar-refractivity contribution in [1.82, 2.24) is 4.72 Å². The maximum absolute atomic E-state index is 12.4. The summed E-state index contributed by atoms with van der Waals surface area (Å²) in [5.74, 6) is 0.861. The largest absolute Gasteiger partial charge is 0.240 e. The summed E-state index contributed by atoms with van der Waals surface area (Å²) < 4.78 is 27.6. The van der Waals surface area contributed by atoms with Gasteiger partial charge in [-0.25, -0.2) is 13.1 Å². The highest BCUT2D eigenvalue weighted by Crippen LogP contribution is 2.30. The van der Waals surface area contributed by atoms with Crippen LogP contribution >= 0.6 is 0 Å². The van der Waals surface area contributed by atoms with E-state index in [1.54, 1.807) is 12.1 Å². The van der Waals surface area contributed by atoms with Crippen molar-refractivity contribution in [2.75, 3.05) is 0 Å². The first-order valence-electron chi connectivity index (χ1n) is 6.96. The Hall–Kier alpha value is -1.38. The van der Waals surface area contributed by atoms with Crippen LogP contribution in [0.1, 0.15) is 38.7 Å². The van der Waals surface area contributed by atoms with Crippen LogP contribution in [0.4, 0.5) is 0 Å². The minimum absolute atomic E-state index is 0.0190. The van der Waals surface area contributed by atoms with Crippen molar-refractivity contribution in [2.45, 2.75) is 44.0 Å². The van der Waals surface area contributed by atoms with E-state index in [0.717, 1.165) is 19.3 Å². The number of sulfonamides is 1. The molecule has 0 heterocycles. The summed E-state index contributed by atoms with van der Waals surface area (Å²) in [6.07, 6.45) is 3.09. The van der Waals surface area contributed by atoms with Crippen LogP contribution in [0, 0.1) is 23.2 Å². The lowest BCUT2D eigenvalue weighted by atomic mass is 9.78. The highest BCUT2D eigenvalue weighted by atomic mass is 32.2. The van der Waals surface area contributed by atoms with E-state index in [2.05, 4.69) is 18.6 Å². The molecule has 2 rings (SSSR count). The van der Waals surface area contributed by atoms with Gasteiger partial charge in [0.25, 0.3) is 0 Å². The summed E-state index contributed by atoms with van der Waals surface area (Å²) in [4.78, 5) is 0.168. The lowest BCUT2D eigenvalue weighted by Gasteiger charge is -2.34. The van der Waals surface area contributed by atoms with Crippen LogP contribution in [0.5, 0.6) is 0 Å². The van der Waals surface area contributed by atoms with Gasteiger partial charge >= 0.3 is 0 Å². The van der Waals surface area contributed by atoms with Crippen molar-refractivity contribution in [1.29, 1.82) is 5.26 Å². The summed E-state index contributed by atoms with van der Waals surface area (Å²) in [5.41, 5.74) is 0.359. The zero-order valence-corrected chi connectivity index (χ0v) is 12.7. The Balaban J connectivity index is 2.20. The van der Waals surface area contributed by atoms with Gasteiger partial charge in [-0.15, -0.1) is 0 Å². The Kier molecular flexibility index (Phi) is 4.46. The van der Waals surface area contributed by atoms with Gasteiger partial charge in [0.15, 0.2) is 0 Å². The molecule has 1 fully saturated rings. The SMILES string of the molecule is C[C@@H]1[C@H](C)CCC[C@H]1NS(=O)(=O)c1cccc(C#N)c1. The Morgan fingerprint density at radius 2 is 2.05 bits per heavy atom. The number of rotatable bonds is 3. The van der Waals surface area contributed by atoms with Crippen LogP contribution in [0.2, 0.25) is 0 Å². The molecule has 0 spiro atoms. The highest BCUT2D eigenvalue weighted by molar-refractivity contribution is 7.89. The third kappa shape index (κ3) is 3.20. The van der Waals surface area contributed by atoms with E-state index in [4.69, 9.17) is 5.26 Å². The van der Waals surface area contributed by atoms with Crippen LogP contribution < -0.4 is 4.72 Å². The molecule has 5 heteroatoms. The van der Waals surface area contributed by atoms with E-state index in [0.29, 0.717) is 17.4 Å². The topological polar surface area (TPSA) is 70.0 Å². The van der Waals surface area contributed by atoms with Crippen molar-refractivity contribution >= 4 is 10.0 Å². The zero-order valence-electron chi connectivity index (χ0n) is 11.8. The van der Waals surface area contributed by atoms with E-state index < -0.39 is 10.0 Å². The molecule has 4 nitrogen and oxygen atoms in total. The summed E-state index contributed by atoms with van der Waals surface area (Å²) in [6, 6.07) is 8.09. The molecule has 1 aromatic carbocycles. The molecule has 1 aromatic rings. The summed E-state index contributed by atoms with van der Waals surface area (Å²) >= 11 is 0. The fraction of sp³-hybridized carbons (Fsp3) is 0.533. The molecule has 0 unspecified atom stereocenters. The first-order chi connectivity index (χ1) is 9.44. The van der Waals surface area contributed by atoms with Crippen molar-refractivity contribution in [2.24, 2.45) is 11.8 Å². The third-order valence-electron chi connectivity index (χ3n) is 4.29. The lowest BCUT2D eigenvalue weighted by molar-refractivity contribution is 0.227. The maximum atomic E-state index is 12.4. The number of benzene rings is 1. The fourth-order valence-corrected chi connectivity index (χ4v) is 4.16. The molecular weight excluding hydrogens is 272 g/mol. The lowest BCUT2D eigenvalue weighted by Crippen LogP contribution is -2.43. The van der Waals surface area contributed by atoms with Crippen molar-refractivity contribution in [3.63, 3.8) is 0 Å². The van der Waals surface area contributed by atoms with Gasteiger partial charge in [0.05, 0.1) is 16.5 Å². The fourth-order valence-electron chi connectivity index (χ4n) is 2.75. The average Bonchev–Trinajstić information content (AvgIpc) is 2.44. The standard InChI is InChI=1S/C15H20N2O2S/c1-11-5-3-8-15(12(11)2)17-20(18,19)14-7-4-6-13(9-14)10-16/h4,6-7,9,11-12,15,17H,3,5,8H2,1-2H3/t11-,12-,15-/m1/s1. The van der Waals surface area contributed by atoms with Gasteiger partial charge in [-0.05, 0) is 36.5 Å². The Morgan fingerprint density at radius 3 is 2.75 bits per heavy atom. The normalized spacial score (nSPS) is 26.9. The number of hydrogen-bond acceptors (Lipinski definition) is 3. The van der Waals surface area contributed by atoms with Gasteiger partial charge < -0.3 is 0 Å². The maximum Gasteiger partial charge on any atom is 0.240 e. The first-order valence-corrected chi connectivity index (χ1v) is 8.45. The number of nitrogens with zero attached hydrogens (tertiary/aromatic N) is 1. The minimum Gasteiger partial charge on any atom is -0.208 e. The smallest absolute Gasteiger partial charge is 0.208 e. The summed E-state index contributed by atoms with van der Waals surface area (Å²) in [6.45, 7) is 4.27. The van der Waals surface area contributed by atoms with Crippen molar-refractivity contribution in [3.8, 4) is 6.07 Å². The van der Waals surface area contributed by atoms with E-state index in [1.165, 1.54) is 12.1 Å². The summed E-state index contributed by atoms with van der Waals surface area (Å²) in [7, 11) is -3.55. The molecule has 0 radical (unpaired) electrons. The number of nitriles is 1. The second-order valence-corrected chi connectivity index (χ2v) is 7.35. The van der Waals surface area contributed by atoms with E-state index in [9.17, 15) is 8.42 Å². The Labute approximate surface area is 120 Å². The van der Waals surface area contributed by atoms with Gasteiger partial charge in [0.1, 0.15) is 0 Å². The second kappa shape index (κ2) is 5.94. The van der Waals surface area contributed by atoms with Crippen LogP contribution in [0.15, 0.2) is 29.2 Å². The van der Waals surface area contributed by atoms with E-state index >= 15 is 0 Å². The predicted molar refractivity (Wildman–Crippen MR) is 77.4 cm³/mol. The van der Waals surface area contributed by atoms with Crippen LogP contribution in [0.3, 0.4) is 0 Å². The van der Waals surface area contributed by atoms with E-state index in [1.807, 2.05) is 6.07 Å². The highest BCUT2D eigenvalue weighted by Gasteiger charge is 2.30. The summed E-state index contributed by atoms with van der Waals surface area (Å²) in [5, 5.41) is 8.86. The predicted octanol–water partition coefficient (Wildman–Crippen LogP) is 2.66. The second-order valence-electron chi connectivity index (χ2n) is 5.63. The molecule has 1 aliphatic carbocycles. The van der Waals surface area contributed by atoms with Gasteiger partial charge in [-0.3, -0.25) is 0 Å². The van der Waals surface area contributed by atoms with Gasteiger partial charge in [-0.1, -0.05) is 32.8 Å². The van der Waals surface area contributed by atoms with E-state index in [-0.39, 0.29) is 10.9 Å². The molecule has 0 aliphatic heterocycles. The average molecular weight is 292 g/mol.